The molecular formula is C15H24FNO. The summed E-state index contributed by atoms with van der Waals surface area (Å²) >= 11 is 0. The number of halogens is 1. The lowest BCUT2D eigenvalue weighted by molar-refractivity contribution is 0.291. The van der Waals surface area contributed by atoms with Crippen molar-refractivity contribution in [1.82, 2.24) is 0 Å². The van der Waals surface area contributed by atoms with Crippen LogP contribution in [0.5, 0.6) is 5.75 Å². The smallest absolute Gasteiger partial charge is 0.165 e. The maximum absolute atomic E-state index is 13.7. The van der Waals surface area contributed by atoms with Crippen molar-refractivity contribution >= 4 is 0 Å². The summed E-state index contributed by atoms with van der Waals surface area (Å²) in [4.78, 5) is 0. The summed E-state index contributed by atoms with van der Waals surface area (Å²) in [6, 6.07) is 5.23. The van der Waals surface area contributed by atoms with Gasteiger partial charge in [-0.3, -0.25) is 0 Å². The minimum absolute atomic E-state index is 0.0979. The average molecular weight is 253 g/mol. The second kappa shape index (κ2) is 8.09. The molecule has 0 aliphatic rings. The van der Waals surface area contributed by atoms with Crippen LogP contribution in [0.15, 0.2) is 18.2 Å². The molecular weight excluding hydrogens is 229 g/mol. The summed E-state index contributed by atoms with van der Waals surface area (Å²) in [5.41, 5.74) is 6.79. The predicted molar refractivity (Wildman–Crippen MR) is 73.4 cm³/mol. The first-order valence-electron chi connectivity index (χ1n) is 6.84. The van der Waals surface area contributed by atoms with Gasteiger partial charge >= 0.3 is 0 Å². The largest absolute Gasteiger partial charge is 0.491 e. The lowest BCUT2D eigenvalue weighted by Crippen LogP contribution is -2.21. The summed E-state index contributed by atoms with van der Waals surface area (Å²) in [6.45, 7) is 4.75. The van der Waals surface area contributed by atoms with E-state index in [1.165, 1.54) is 6.07 Å². The summed E-state index contributed by atoms with van der Waals surface area (Å²) in [5.74, 6) is 0.0622. The van der Waals surface area contributed by atoms with Crippen molar-refractivity contribution in [1.29, 1.82) is 0 Å². The van der Waals surface area contributed by atoms with Crippen molar-refractivity contribution in [3.8, 4) is 5.75 Å². The zero-order valence-corrected chi connectivity index (χ0v) is 11.4. The summed E-state index contributed by atoms with van der Waals surface area (Å²) in [6.07, 6.45) is 4.84. The zero-order valence-electron chi connectivity index (χ0n) is 11.4. The Morgan fingerprint density at radius 1 is 1.28 bits per heavy atom. The van der Waals surface area contributed by atoms with Crippen LogP contribution in [0.4, 0.5) is 4.39 Å². The Labute approximate surface area is 109 Å². The van der Waals surface area contributed by atoms with E-state index < -0.39 is 0 Å². The molecule has 1 atom stereocenters. The van der Waals surface area contributed by atoms with Crippen LogP contribution in [-0.4, -0.2) is 12.6 Å². The normalized spacial score (nSPS) is 12.4. The summed E-state index contributed by atoms with van der Waals surface area (Å²) in [5, 5.41) is 0. The van der Waals surface area contributed by atoms with Crippen LogP contribution >= 0.6 is 0 Å². The monoisotopic (exact) mass is 253 g/mol. The van der Waals surface area contributed by atoms with E-state index in [0.29, 0.717) is 18.8 Å². The Hall–Kier alpha value is -1.09. The molecule has 102 valence electrons. The van der Waals surface area contributed by atoms with Crippen LogP contribution in [0.25, 0.3) is 0 Å². The van der Waals surface area contributed by atoms with Crippen LogP contribution in [-0.2, 0) is 6.42 Å². The van der Waals surface area contributed by atoms with E-state index in [1.807, 2.05) is 13.0 Å². The third-order valence-electron chi connectivity index (χ3n) is 3.02. The molecule has 0 saturated heterocycles. The SMILES string of the molecule is CCCCCOc1ccc(CC(N)CC)cc1F. The Bertz CT molecular complexity index is 354. The fraction of sp³-hybridized carbons (Fsp3) is 0.600. The maximum Gasteiger partial charge on any atom is 0.165 e. The summed E-state index contributed by atoms with van der Waals surface area (Å²) < 4.78 is 19.2. The number of hydrogen-bond donors (Lipinski definition) is 1. The van der Waals surface area contributed by atoms with Gasteiger partial charge in [0, 0.05) is 6.04 Å². The van der Waals surface area contributed by atoms with E-state index in [-0.39, 0.29) is 11.9 Å². The molecule has 0 saturated carbocycles. The quantitative estimate of drug-likeness (QED) is 0.717. The second-order valence-corrected chi connectivity index (χ2v) is 4.69. The number of benzene rings is 1. The van der Waals surface area contributed by atoms with E-state index >= 15 is 0 Å². The van der Waals surface area contributed by atoms with Gasteiger partial charge in [0.15, 0.2) is 11.6 Å². The van der Waals surface area contributed by atoms with E-state index in [4.69, 9.17) is 10.5 Å². The highest BCUT2D eigenvalue weighted by atomic mass is 19.1. The number of ether oxygens (including phenoxy) is 1. The standard InChI is InChI=1S/C15H24FNO/c1-3-5-6-9-18-15-8-7-12(11-14(15)16)10-13(17)4-2/h7-8,11,13H,3-6,9-10,17H2,1-2H3. The van der Waals surface area contributed by atoms with Crippen LogP contribution in [0.2, 0.25) is 0 Å². The molecule has 0 fully saturated rings. The van der Waals surface area contributed by atoms with Crippen LogP contribution < -0.4 is 10.5 Å². The van der Waals surface area contributed by atoms with E-state index in [1.54, 1.807) is 6.07 Å². The first-order chi connectivity index (χ1) is 8.67. The maximum atomic E-state index is 13.7. The molecule has 0 aliphatic carbocycles. The van der Waals surface area contributed by atoms with E-state index in [2.05, 4.69) is 6.92 Å². The molecule has 1 rings (SSSR count). The lowest BCUT2D eigenvalue weighted by Gasteiger charge is -2.11. The van der Waals surface area contributed by atoms with Crippen molar-refractivity contribution < 1.29 is 9.13 Å². The van der Waals surface area contributed by atoms with E-state index in [9.17, 15) is 4.39 Å². The lowest BCUT2D eigenvalue weighted by atomic mass is 10.0. The fourth-order valence-electron chi connectivity index (χ4n) is 1.77. The van der Waals surface area contributed by atoms with Gasteiger partial charge in [-0.2, -0.15) is 0 Å². The highest BCUT2D eigenvalue weighted by molar-refractivity contribution is 5.29. The first-order valence-corrected chi connectivity index (χ1v) is 6.84. The van der Waals surface area contributed by atoms with Crippen molar-refractivity contribution in [3.63, 3.8) is 0 Å². The molecule has 2 N–H and O–H groups in total. The van der Waals surface area contributed by atoms with Gasteiger partial charge in [-0.25, -0.2) is 4.39 Å². The molecule has 0 amide bonds. The van der Waals surface area contributed by atoms with Gasteiger partial charge in [-0.1, -0.05) is 32.8 Å². The molecule has 3 heteroatoms. The Morgan fingerprint density at radius 3 is 2.67 bits per heavy atom. The van der Waals surface area contributed by atoms with Crippen molar-refractivity contribution in [2.24, 2.45) is 5.73 Å². The molecule has 0 aliphatic heterocycles. The number of rotatable bonds is 8. The predicted octanol–water partition coefficient (Wildman–Crippen LogP) is 3.67. The Balaban J connectivity index is 2.51. The molecule has 0 heterocycles. The van der Waals surface area contributed by atoms with Gasteiger partial charge in [0.1, 0.15) is 0 Å². The van der Waals surface area contributed by atoms with Gasteiger partial charge in [0.2, 0.25) is 0 Å². The average Bonchev–Trinajstić information content (AvgIpc) is 2.36. The van der Waals surface area contributed by atoms with Gasteiger partial charge in [-0.15, -0.1) is 0 Å². The van der Waals surface area contributed by atoms with Gasteiger partial charge in [-0.05, 0) is 37.0 Å². The van der Waals surface area contributed by atoms with Crippen LogP contribution in [0.1, 0.15) is 45.1 Å². The third kappa shape index (κ3) is 5.05. The van der Waals surface area contributed by atoms with Crippen LogP contribution in [0.3, 0.4) is 0 Å². The summed E-state index contributed by atoms with van der Waals surface area (Å²) in [7, 11) is 0. The topological polar surface area (TPSA) is 35.2 Å². The van der Waals surface area contributed by atoms with Gasteiger partial charge in [0.25, 0.3) is 0 Å². The second-order valence-electron chi connectivity index (χ2n) is 4.69. The highest BCUT2D eigenvalue weighted by Crippen LogP contribution is 2.19. The molecule has 1 unspecified atom stereocenters. The molecule has 18 heavy (non-hydrogen) atoms. The molecule has 0 bridgehead atoms. The minimum atomic E-state index is -0.285. The Kier molecular flexibility index (Phi) is 6.73. The molecule has 0 spiro atoms. The van der Waals surface area contributed by atoms with Gasteiger partial charge < -0.3 is 10.5 Å². The zero-order chi connectivity index (χ0) is 13.4. The molecule has 1 aromatic carbocycles. The van der Waals surface area contributed by atoms with Crippen LogP contribution in [0, 0.1) is 5.82 Å². The molecule has 2 nitrogen and oxygen atoms in total. The number of hydrogen-bond acceptors (Lipinski definition) is 2. The van der Waals surface area contributed by atoms with Crippen molar-refractivity contribution in [2.75, 3.05) is 6.61 Å². The van der Waals surface area contributed by atoms with Crippen molar-refractivity contribution in [3.05, 3.63) is 29.6 Å². The minimum Gasteiger partial charge on any atom is -0.491 e. The fourth-order valence-corrected chi connectivity index (χ4v) is 1.77. The Morgan fingerprint density at radius 2 is 2.06 bits per heavy atom. The third-order valence-corrected chi connectivity index (χ3v) is 3.02. The molecule has 1 aromatic rings. The van der Waals surface area contributed by atoms with Gasteiger partial charge in [0.05, 0.1) is 6.61 Å². The highest BCUT2D eigenvalue weighted by Gasteiger charge is 2.07. The number of unbranched alkanes of at least 4 members (excludes halogenated alkanes) is 2. The van der Waals surface area contributed by atoms with E-state index in [0.717, 1.165) is 31.2 Å². The van der Waals surface area contributed by atoms with Crippen molar-refractivity contribution in [2.45, 2.75) is 52.0 Å². The molecule has 0 aromatic heterocycles. The number of nitrogens with two attached hydrogens (primary N) is 1. The first kappa shape index (κ1) is 15.0. The molecule has 0 radical (unpaired) electrons.